The first-order valence-electron chi connectivity index (χ1n) is 7.20. The summed E-state index contributed by atoms with van der Waals surface area (Å²) in [5, 5.41) is 2.98. The maximum absolute atomic E-state index is 11.7. The highest BCUT2D eigenvalue weighted by atomic mass is 31.2. The molecular weight excluding hydrogens is 265 g/mol. The lowest BCUT2D eigenvalue weighted by atomic mass is 10.1. The molecule has 1 unspecified atom stereocenters. The first kappa shape index (κ1) is 16.7. The summed E-state index contributed by atoms with van der Waals surface area (Å²) < 4.78 is 15.4. The fraction of sp³-hybridized carbons (Fsp3) is 0.923. The minimum atomic E-state index is -3.56. The Morgan fingerprint density at radius 2 is 1.89 bits per heavy atom. The van der Waals surface area contributed by atoms with Crippen LogP contribution in [0.5, 0.6) is 0 Å². The third kappa shape index (κ3) is 8.40. The molecule has 0 aromatic rings. The van der Waals surface area contributed by atoms with E-state index in [4.69, 9.17) is 0 Å². The van der Waals surface area contributed by atoms with Crippen molar-refractivity contribution in [3.8, 4) is 0 Å². The second kappa shape index (κ2) is 8.72. The average molecular weight is 290 g/mol. The van der Waals surface area contributed by atoms with Crippen LogP contribution in [0.3, 0.4) is 0 Å². The molecule has 1 amide bonds. The van der Waals surface area contributed by atoms with E-state index in [1.807, 2.05) is 0 Å². The monoisotopic (exact) mass is 290 g/mol. The van der Waals surface area contributed by atoms with Crippen LogP contribution in [0.4, 0.5) is 0 Å². The summed E-state index contributed by atoms with van der Waals surface area (Å²) in [4.78, 5) is 22.4. The summed E-state index contributed by atoms with van der Waals surface area (Å²) in [6, 6.07) is 0. The van der Waals surface area contributed by atoms with Crippen LogP contribution in [0.25, 0.3) is 0 Å². The van der Waals surface area contributed by atoms with E-state index in [2.05, 4.69) is 9.84 Å². The maximum Gasteiger partial charge on any atom is 0.223 e. The summed E-state index contributed by atoms with van der Waals surface area (Å²) in [5.41, 5.74) is 0. The lowest BCUT2D eigenvalue weighted by molar-refractivity contribution is -0.196. The van der Waals surface area contributed by atoms with E-state index in [-0.39, 0.29) is 18.4 Å². The Hall–Kier alpha value is -0.380. The zero-order valence-electron chi connectivity index (χ0n) is 11.7. The molecule has 0 spiro atoms. The van der Waals surface area contributed by atoms with Gasteiger partial charge in [0.05, 0.1) is 6.61 Å². The van der Waals surface area contributed by atoms with Crippen LogP contribution in [0.2, 0.25) is 0 Å². The Morgan fingerprint density at radius 1 is 1.26 bits per heavy atom. The molecule has 0 aromatic carbocycles. The summed E-state index contributed by atoms with van der Waals surface area (Å²) >= 11 is 0. The Balaban J connectivity index is 1.88. The van der Waals surface area contributed by atoms with E-state index < -0.39 is 7.60 Å². The molecule has 1 rings (SSSR count). The predicted molar refractivity (Wildman–Crippen MR) is 72.9 cm³/mol. The number of hydrogen-bond donors (Lipinski definition) is 1. The number of rotatable bonds is 9. The van der Waals surface area contributed by atoms with Crippen LogP contribution < -0.4 is 10.2 Å². The Labute approximate surface area is 115 Å². The van der Waals surface area contributed by atoms with Gasteiger partial charge in [0.1, 0.15) is 7.60 Å². The van der Waals surface area contributed by atoms with Gasteiger partial charge in [0.25, 0.3) is 0 Å². The third-order valence-electron chi connectivity index (χ3n) is 3.42. The molecule has 1 aliphatic rings. The van der Waals surface area contributed by atoms with Crippen LogP contribution in [0.15, 0.2) is 0 Å². The molecule has 19 heavy (non-hydrogen) atoms. The maximum atomic E-state index is 11.7. The SMILES string of the molecule is CP(=O)([O-])OCCCCCCNC(=O)C1CCCC1. The van der Waals surface area contributed by atoms with Crippen molar-refractivity contribution in [1.82, 2.24) is 5.32 Å². The standard InChI is InChI=1S/C13H26NO4P/c1-19(16,17)18-11-7-3-2-6-10-14-13(15)12-8-4-5-9-12/h12H,2-11H2,1H3,(H,14,15)(H,16,17)/p-1. The molecule has 1 N–H and O–H groups in total. The van der Waals surface area contributed by atoms with Crippen molar-refractivity contribution < 1.29 is 18.8 Å². The van der Waals surface area contributed by atoms with Crippen LogP contribution >= 0.6 is 7.60 Å². The predicted octanol–water partition coefficient (Wildman–Crippen LogP) is 2.05. The molecule has 1 atom stereocenters. The van der Waals surface area contributed by atoms with Crippen LogP contribution in [-0.2, 0) is 13.9 Å². The first-order valence-corrected chi connectivity index (χ1v) is 9.19. The second-order valence-corrected chi connectivity index (χ2v) is 7.09. The fourth-order valence-corrected chi connectivity index (χ4v) is 2.82. The smallest absolute Gasteiger partial charge is 0.223 e. The van der Waals surface area contributed by atoms with Gasteiger partial charge >= 0.3 is 0 Å². The number of nitrogens with one attached hydrogen (secondary N) is 1. The molecule has 0 bridgehead atoms. The van der Waals surface area contributed by atoms with Gasteiger partial charge in [0, 0.05) is 19.1 Å². The van der Waals surface area contributed by atoms with Gasteiger partial charge in [-0.2, -0.15) is 0 Å². The molecular formula is C13H25NO4P-. The summed E-state index contributed by atoms with van der Waals surface area (Å²) in [6.45, 7) is 2.08. The van der Waals surface area contributed by atoms with Gasteiger partial charge in [-0.1, -0.05) is 25.7 Å². The normalized spacial score (nSPS) is 19.3. The fourth-order valence-electron chi connectivity index (χ4n) is 2.35. The zero-order valence-corrected chi connectivity index (χ0v) is 12.6. The third-order valence-corrected chi connectivity index (χ3v) is 4.07. The molecule has 0 radical (unpaired) electrons. The van der Waals surface area contributed by atoms with Crippen molar-refractivity contribution in [3.05, 3.63) is 0 Å². The largest absolute Gasteiger partial charge is 0.779 e. The molecule has 1 fully saturated rings. The van der Waals surface area contributed by atoms with Gasteiger partial charge in [0.15, 0.2) is 0 Å². The molecule has 0 aromatic heterocycles. The molecule has 0 saturated heterocycles. The molecule has 0 aliphatic heterocycles. The number of hydrogen-bond acceptors (Lipinski definition) is 4. The highest BCUT2D eigenvalue weighted by Crippen LogP contribution is 2.31. The van der Waals surface area contributed by atoms with Crippen molar-refractivity contribution in [2.24, 2.45) is 5.92 Å². The average Bonchev–Trinajstić information content (AvgIpc) is 2.84. The summed E-state index contributed by atoms with van der Waals surface area (Å²) in [6.07, 6.45) is 8.04. The van der Waals surface area contributed by atoms with Gasteiger partial charge < -0.3 is 19.3 Å². The van der Waals surface area contributed by atoms with Crippen LogP contribution in [0.1, 0.15) is 51.4 Å². The lowest BCUT2D eigenvalue weighted by Crippen LogP contribution is -2.30. The van der Waals surface area contributed by atoms with Crippen molar-refractivity contribution in [3.63, 3.8) is 0 Å². The Bertz CT molecular complexity index is 310. The molecule has 6 heteroatoms. The van der Waals surface area contributed by atoms with Gasteiger partial charge in [-0.05, 0) is 25.7 Å². The van der Waals surface area contributed by atoms with Crippen molar-refractivity contribution >= 4 is 13.5 Å². The minimum Gasteiger partial charge on any atom is -0.779 e. The number of amides is 1. The molecule has 1 aliphatic carbocycles. The molecule has 112 valence electrons. The number of carbonyl (C=O) groups is 1. The highest BCUT2D eigenvalue weighted by molar-refractivity contribution is 7.50. The zero-order chi connectivity index (χ0) is 14.1. The van der Waals surface area contributed by atoms with E-state index in [0.29, 0.717) is 0 Å². The van der Waals surface area contributed by atoms with Crippen molar-refractivity contribution in [2.75, 3.05) is 19.8 Å². The number of unbranched alkanes of at least 4 members (excludes halogenated alkanes) is 3. The lowest BCUT2D eigenvalue weighted by Gasteiger charge is -2.17. The highest BCUT2D eigenvalue weighted by Gasteiger charge is 2.21. The second-order valence-electron chi connectivity index (χ2n) is 5.29. The quantitative estimate of drug-likeness (QED) is 0.520. The van der Waals surface area contributed by atoms with E-state index >= 15 is 0 Å². The van der Waals surface area contributed by atoms with Gasteiger partial charge in [-0.3, -0.25) is 4.79 Å². The number of carbonyl (C=O) groups excluding carboxylic acids is 1. The van der Waals surface area contributed by atoms with Crippen LogP contribution in [-0.4, -0.2) is 25.7 Å². The van der Waals surface area contributed by atoms with Gasteiger partial charge in [-0.25, -0.2) is 0 Å². The van der Waals surface area contributed by atoms with E-state index in [1.165, 1.54) is 12.8 Å². The van der Waals surface area contributed by atoms with Gasteiger partial charge in [-0.15, -0.1) is 0 Å². The Morgan fingerprint density at radius 3 is 2.53 bits per heavy atom. The summed E-state index contributed by atoms with van der Waals surface area (Å²) in [7, 11) is -3.56. The van der Waals surface area contributed by atoms with E-state index in [0.717, 1.165) is 51.7 Å². The minimum absolute atomic E-state index is 0.208. The molecule has 0 heterocycles. The van der Waals surface area contributed by atoms with E-state index in [1.54, 1.807) is 0 Å². The first-order chi connectivity index (χ1) is 8.99. The van der Waals surface area contributed by atoms with E-state index in [9.17, 15) is 14.3 Å². The summed E-state index contributed by atoms with van der Waals surface area (Å²) in [5.74, 6) is 0.447. The van der Waals surface area contributed by atoms with Gasteiger partial charge in [0.2, 0.25) is 5.91 Å². The Kier molecular flexibility index (Phi) is 7.66. The van der Waals surface area contributed by atoms with Crippen LogP contribution in [0, 0.1) is 5.92 Å². The molecule has 1 saturated carbocycles. The van der Waals surface area contributed by atoms with Crippen molar-refractivity contribution in [1.29, 1.82) is 0 Å². The topological polar surface area (TPSA) is 78.5 Å². The molecule has 5 nitrogen and oxygen atoms in total. The van der Waals surface area contributed by atoms with Crippen molar-refractivity contribution in [2.45, 2.75) is 51.4 Å².